The second-order valence-electron chi connectivity index (χ2n) is 7.36. The van der Waals surface area contributed by atoms with Crippen LogP contribution in [0, 0.1) is 5.92 Å². The van der Waals surface area contributed by atoms with Gasteiger partial charge in [0.25, 0.3) is 0 Å². The quantitative estimate of drug-likeness (QED) is 0.573. The van der Waals surface area contributed by atoms with Gasteiger partial charge in [0, 0.05) is 11.8 Å². The van der Waals surface area contributed by atoms with Crippen molar-refractivity contribution in [3.05, 3.63) is 47.0 Å². The first-order chi connectivity index (χ1) is 15.4. The number of carbonyl (C=O) groups is 2. The molecule has 8 heteroatoms. The van der Waals surface area contributed by atoms with E-state index in [1.165, 1.54) is 21.3 Å². The SMILES string of the molecule is COC(=O)CC1c2cc(OC)c(OC)cc2C(c2ccc(OC)c(OC)c2)C1C(=O)OC. The normalized spacial score (nSPS) is 19.0. The Labute approximate surface area is 187 Å². The van der Waals surface area contributed by atoms with Crippen molar-refractivity contribution in [1.82, 2.24) is 0 Å². The zero-order valence-electron chi connectivity index (χ0n) is 19.1. The van der Waals surface area contributed by atoms with E-state index in [-0.39, 0.29) is 6.42 Å². The molecule has 0 radical (unpaired) electrons. The molecule has 0 amide bonds. The third-order valence-corrected chi connectivity index (χ3v) is 5.97. The molecule has 0 saturated heterocycles. The van der Waals surface area contributed by atoms with E-state index in [9.17, 15) is 9.59 Å². The summed E-state index contributed by atoms with van der Waals surface area (Å²) in [5.74, 6) is -0.240. The fraction of sp³-hybridized carbons (Fsp3) is 0.417. The first-order valence-corrected chi connectivity index (χ1v) is 10.1. The Hall–Kier alpha value is -3.42. The average molecular weight is 444 g/mol. The summed E-state index contributed by atoms with van der Waals surface area (Å²) in [4.78, 5) is 25.3. The van der Waals surface area contributed by atoms with Crippen LogP contribution in [0.15, 0.2) is 30.3 Å². The van der Waals surface area contributed by atoms with Gasteiger partial charge in [-0.25, -0.2) is 0 Å². The molecule has 0 fully saturated rings. The fourth-order valence-corrected chi connectivity index (χ4v) is 4.49. The number of hydrogen-bond acceptors (Lipinski definition) is 8. The standard InChI is InChI=1S/C24H28O8/c1-27-17-8-7-13(9-18(17)28-2)22-15-11-20(30-4)19(29-3)10-14(15)16(12-21(25)31-5)23(22)24(26)32-6/h7-11,16,22-23H,12H2,1-6H3. The van der Waals surface area contributed by atoms with Crippen LogP contribution in [0.3, 0.4) is 0 Å². The number of ether oxygens (including phenoxy) is 6. The molecule has 32 heavy (non-hydrogen) atoms. The van der Waals surface area contributed by atoms with Gasteiger partial charge in [-0.15, -0.1) is 0 Å². The van der Waals surface area contributed by atoms with Gasteiger partial charge < -0.3 is 28.4 Å². The number of esters is 2. The summed E-state index contributed by atoms with van der Waals surface area (Å²) in [6, 6.07) is 9.17. The van der Waals surface area contributed by atoms with E-state index in [1.807, 2.05) is 24.3 Å². The van der Waals surface area contributed by atoms with Crippen LogP contribution in [0.5, 0.6) is 23.0 Å². The highest BCUT2D eigenvalue weighted by Crippen LogP contribution is 2.55. The molecule has 0 aromatic heterocycles. The lowest BCUT2D eigenvalue weighted by Gasteiger charge is -2.24. The molecule has 3 rings (SSSR count). The number of hydrogen-bond donors (Lipinski definition) is 0. The number of carbonyl (C=O) groups excluding carboxylic acids is 2. The van der Waals surface area contributed by atoms with Crippen LogP contribution in [0.1, 0.15) is 34.9 Å². The van der Waals surface area contributed by atoms with Gasteiger partial charge in [0.1, 0.15) is 0 Å². The number of fused-ring (bicyclic) bond motifs is 1. The maximum Gasteiger partial charge on any atom is 0.310 e. The Morgan fingerprint density at radius 2 is 1.28 bits per heavy atom. The van der Waals surface area contributed by atoms with Gasteiger partial charge in [-0.3, -0.25) is 9.59 Å². The number of benzene rings is 2. The van der Waals surface area contributed by atoms with Gasteiger partial charge in [-0.05, 0) is 41.0 Å². The van der Waals surface area contributed by atoms with E-state index in [4.69, 9.17) is 28.4 Å². The van der Waals surface area contributed by atoms with Crippen LogP contribution >= 0.6 is 0 Å². The minimum atomic E-state index is -0.663. The lowest BCUT2D eigenvalue weighted by atomic mass is 9.81. The van der Waals surface area contributed by atoms with Gasteiger partial charge in [0.15, 0.2) is 23.0 Å². The van der Waals surface area contributed by atoms with Crippen LogP contribution in [0.2, 0.25) is 0 Å². The van der Waals surface area contributed by atoms with Crippen LogP contribution in [0.4, 0.5) is 0 Å². The third-order valence-electron chi connectivity index (χ3n) is 5.97. The molecule has 0 saturated carbocycles. The molecule has 0 spiro atoms. The van der Waals surface area contributed by atoms with Crippen molar-refractivity contribution in [2.75, 3.05) is 42.7 Å². The van der Waals surface area contributed by atoms with E-state index < -0.39 is 29.7 Å². The lowest BCUT2D eigenvalue weighted by molar-refractivity contribution is -0.147. The van der Waals surface area contributed by atoms with Crippen LogP contribution < -0.4 is 18.9 Å². The number of methoxy groups -OCH3 is 6. The van der Waals surface area contributed by atoms with Gasteiger partial charge in [0.2, 0.25) is 0 Å². The topological polar surface area (TPSA) is 89.5 Å². The highest BCUT2D eigenvalue weighted by Gasteiger charge is 2.48. The van der Waals surface area contributed by atoms with Crippen LogP contribution in [-0.4, -0.2) is 54.6 Å². The molecule has 0 N–H and O–H groups in total. The summed E-state index contributed by atoms with van der Waals surface area (Å²) in [6.07, 6.45) is 0.0164. The largest absolute Gasteiger partial charge is 0.493 e. The summed E-state index contributed by atoms with van der Waals surface area (Å²) in [6.45, 7) is 0. The van der Waals surface area contributed by atoms with Gasteiger partial charge in [-0.1, -0.05) is 6.07 Å². The Kier molecular flexibility index (Phi) is 7.12. The second-order valence-corrected chi connectivity index (χ2v) is 7.36. The zero-order valence-corrected chi connectivity index (χ0v) is 19.1. The first kappa shape index (κ1) is 23.2. The maximum absolute atomic E-state index is 13.0. The molecule has 1 aliphatic carbocycles. The molecule has 0 heterocycles. The summed E-state index contributed by atoms with van der Waals surface area (Å²) >= 11 is 0. The van der Waals surface area contributed by atoms with Crippen molar-refractivity contribution >= 4 is 11.9 Å². The van der Waals surface area contributed by atoms with Crippen molar-refractivity contribution in [1.29, 1.82) is 0 Å². The van der Waals surface area contributed by atoms with Gasteiger partial charge >= 0.3 is 11.9 Å². The minimum absolute atomic E-state index is 0.0164. The Morgan fingerprint density at radius 3 is 1.81 bits per heavy atom. The van der Waals surface area contributed by atoms with E-state index in [2.05, 4.69) is 0 Å². The average Bonchev–Trinajstić information content (AvgIpc) is 3.14. The molecular formula is C24H28O8. The fourth-order valence-electron chi connectivity index (χ4n) is 4.49. The smallest absolute Gasteiger partial charge is 0.310 e. The van der Waals surface area contributed by atoms with Crippen LogP contribution in [0.25, 0.3) is 0 Å². The van der Waals surface area contributed by atoms with Crippen molar-refractivity contribution in [2.24, 2.45) is 5.92 Å². The predicted molar refractivity (Wildman–Crippen MR) is 116 cm³/mol. The summed E-state index contributed by atoms with van der Waals surface area (Å²) in [7, 11) is 8.87. The summed E-state index contributed by atoms with van der Waals surface area (Å²) in [5, 5.41) is 0. The highest BCUT2D eigenvalue weighted by molar-refractivity contribution is 5.81. The summed E-state index contributed by atoms with van der Waals surface area (Å²) in [5.41, 5.74) is 2.47. The highest BCUT2D eigenvalue weighted by atomic mass is 16.5. The van der Waals surface area contributed by atoms with Crippen molar-refractivity contribution in [2.45, 2.75) is 18.3 Å². The molecule has 3 atom stereocenters. The molecular weight excluding hydrogens is 416 g/mol. The zero-order chi connectivity index (χ0) is 23.4. The number of rotatable bonds is 8. The monoisotopic (exact) mass is 444 g/mol. The van der Waals surface area contributed by atoms with E-state index >= 15 is 0 Å². The maximum atomic E-state index is 13.0. The molecule has 8 nitrogen and oxygen atoms in total. The molecule has 1 aliphatic rings. The molecule has 0 aliphatic heterocycles. The Balaban J connectivity index is 2.26. The second kappa shape index (κ2) is 9.80. The molecule has 3 unspecified atom stereocenters. The van der Waals surface area contributed by atoms with Crippen molar-refractivity contribution in [3.8, 4) is 23.0 Å². The molecule has 2 aromatic rings. The minimum Gasteiger partial charge on any atom is -0.493 e. The summed E-state index contributed by atoms with van der Waals surface area (Å²) < 4.78 is 31.9. The Morgan fingerprint density at radius 1 is 0.719 bits per heavy atom. The lowest BCUT2D eigenvalue weighted by Crippen LogP contribution is -2.26. The van der Waals surface area contributed by atoms with Crippen LogP contribution in [-0.2, 0) is 19.1 Å². The van der Waals surface area contributed by atoms with E-state index in [0.29, 0.717) is 23.0 Å². The molecule has 172 valence electrons. The molecule has 2 aromatic carbocycles. The predicted octanol–water partition coefficient (Wildman–Crippen LogP) is 3.30. The first-order valence-electron chi connectivity index (χ1n) is 10.1. The van der Waals surface area contributed by atoms with Gasteiger partial charge in [-0.2, -0.15) is 0 Å². The molecule has 0 bridgehead atoms. The van der Waals surface area contributed by atoms with E-state index in [0.717, 1.165) is 16.7 Å². The van der Waals surface area contributed by atoms with Crippen molar-refractivity contribution < 1.29 is 38.0 Å². The van der Waals surface area contributed by atoms with Crippen molar-refractivity contribution in [3.63, 3.8) is 0 Å². The third kappa shape index (κ3) is 4.04. The van der Waals surface area contributed by atoms with E-state index in [1.54, 1.807) is 27.4 Å². The van der Waals surface area contributed by atoms with Gasteiger partial charge in [0.05, 0.1) is 55.0 Å². The Bertz CT molecular complexity index is 1000.